The van der Waals surface area contributed by atoms with Gasteiger partial charge in [0.05, 0.1) is 0 Å². The van der Waals surface area contributed by atoms with Crippen LogP contribution in [0.3, 0.4) is 0 Å². The van der Waals surface area contributed by atoms with Gasteiger partial charge in [-0.05, 0) is 37.2 Å². The van der Waals surface area contributed by atoms with Crippen molar-refractivity contribution in [1.29, 1.82) is 0 Å². The zero-order valence-corrected chi connectivity index (χ0v) is 11.9. The number of allylic oxidation sites excluding steroid dienone is 1. The van der Waals surface area contributed by atoms with Gasteiger partial charge in [-0.25, -0.2) is 0 Å². The minimum absolute atomic E-state index is 0.766. The number of rotatable bonds is 10. The molecule has 0 aliphatic carbocycles. The normalized spacial score (nSPS) is 12.3. The Balaban J connectivity index is 2.44. The first-order chi connectivity index (χ1) is 8.88. The Labute approximate surface area is 113 Å². The summed E-state index contributed by atoms with van der Waals surface area (Å²) in [4.78, 5) is 0. The van der Waals surface area contributed by atoms with Crippen molar-refractivity contribution in [1.82, 2.24) is 0 Å². The van der Waals surface area contributed by atoms with E-state index in [2.05, 4.69) is 43.8 Å². The van der Waals surface area contributed by atoms with E-state index < -0.39 is 0 Å². The van der Waals surface area contributed by atoms with Gasteiger partial charge in [-0.15, -0.1) is 6.58 Å². The van der Waals surface area contributed by atoms with E-state index in [9.17, 15) is 0 Å². The topological polar surface area (TPSA) is 0 Å². The standard InChI is InChI=1S/C18H28/c1-3-5-7-10-14-17(13-9-6-4-2)18-15-11-8-12-16-18/h3,8,11-12,15-17H,1,4-7,9-10,13-14H2,2H3. The molecule has 1 aromatic rings. The van der Waals surface area contributed by atoms with Gasteiger partial charge in [0, 0.05) is 0 Å². The highest BCUT2D eigenvalue weighted by Crippen LogP contribution is 2.28. The zero-order chi connectivity index (χ0) is 13.1. The van der Waals surface area contributed by atoms with Crippen molar-refractivity contribution in [3.63, 3.8) is 0 Å². The third-order valence-corrected chi connectivity index (χ3v) is 3.64. The quantitative estimate of drug-likeness (QED) is 0.345. The van der Waals surface area contributed by atoms with Crippen LogP contribution in [-0.4, -0.2) is 0 Å². The second-order valence-corrected chi connectivity index (χ2v) is 5.18. The molecule has 0 aromatic heterocycles. The van der Waals surface area contributed by atoms with Crippen LogP contribution in [0.5, 0.6) is 0 Å². The molecule has 0 saturated carbocycles. The Kier molecular flexibility index (Phi) is 8.29. The molecular formula is C18H28. The molecule has 1 aromatic carbocycles. The molecule has 0 amide bonds. The monoisotopic (exact) mass is 244 g/mol. The van der Waals surface area contributed by atoms with Gasteiger partial charge < -0.3 is 0 Å². The minimum Gasteiger partial charge on any atom is -0.103 e. The smallest absolute Gasteiger partial charge is 0.0162 e. The van der Waals surface area contributed by atoms with Crippen molar-refractivity contribution < 1.29 is 0 Å². The van der Waals surface area contributed by atoms with E-state index in [0.717, 1.165) is 12.3 Å². The summed E-state index contributed by atoms with van der Waals surface area (Å²) in [7, 11) is 0. The fraction of sp³-hybridized carbons (Fsp3) is 0.556. The van der Waals surface area contributed by atoms with Crippen LogP contribution < -0.4 is 0 Å². The molecule has 1 atom stereocenters. The minimum atomic E-state index is 0.766. The molecule has 100 valence electrons. The second kappa shape index (κ2) is 9.94. The highest BCUT2D eigenvalue weighted by Gasteiger charge is 2.10. The molecule has 0 nitrogen and oxygen atoms in total. The molecule has 0 heteroatoms. The summed E-state index contributed by atoms with van der Waals surface area (Å²) in [5, 5.41) is 0. The zero-order valence-electron chi connectivity index (χ0n) is 11.9. The van der Waals surface area contributed by atoms with Crippen molar-refractivity contribution in [3.8, 4) is 0 Å². The lowest BCUT2D eigenvalue weighted by Crippen LogP contribution is -1.99. The second-order valence-electron chi connectivity index (χ2n) is 5.18. The Morgan fingerprint density at radius 2 is 1.67 bits per heavy atom. The third-order valence-electron chi connectivity index (χ3n) is 3.64. The van der Waals surface area contributed by atoms with Crippen molar-refractivity contribution in [3.05, 3.63) is 48.6 Å². The first-order valence-corrected chi connectivity index (χ1v) is 7.54. The molecule has 0 N–H and O–H groups in total. The summed E-state index contributed by atoms with van der Waals surface area (Å²) < 4.78 is 0. The molecule has 1 unspecified atom stereocenters. The Hall–Kier alpha value is -1.04. The molecule has 0 heterocycles. The van der Waals surface area contributed by atoms with Gasteiger partial charge in [-0.3, -0.25) is 0 Å². The first-order valence-electron chi connectivity index (χ1n) is 7.54. The van der Waals surface area contributed by atoms with E-state index >= 15 is 0 Å². The SMILES string of the molecule is C=CCCCCC(CCCCC)c1ccccc1. The van der Waals surface area contributed by atoms with Crippen LogP contribution in [0.1, 0.15) is 69.8 Å². The lowest BCUT2D eigenvalue weighted by Gasteiger charge is -2.17. The summed E-state index contributed by atoms with van der Waals surface area (Å²) in [6.07, 6.45) is 12.6. The molecule has 0 saturated heterocycles. The molecule has 0 spiro atoms. The van der Waals surface area contributed by atoms with E-state index in [-0.39, 0.29) is 0 Å². The highest BCUT2D eigenvalue weighted by molar-refractivity contribution is 5.19. The van der Waals surface area contributed by atoms with Crippen LogP contribution in [0.25, 0.3) is 0 Å². The van der Waals surface area contributed by atoms with Crippen molar-refractivity contribution in [2.45, 2.75) is 64.2 Å². The van der Waals surface area contributed by atoms with Gasteiger partial charge in [0.2, 0.25) is 0 Å². The molecule has 0 bridgehead atoms. The Morgan fingerprint density at radius 3 is 2.28 bits per heavy atom. The summed E-state index contributed by atoms with van der Waals surface area (Å²) >= 11 is 0. The van der Waals surface area contributed by atoms with Crippen LogP contribution in [0.4, 0.5) is 0 Å². The first kappa shape index (κ1) is 15.0. The average molecular weight is 244 g/mol. The molecule has 0 fully saturated rings. The van der Waals surface area contributed by atoms with Gasteiger partial charge in [-0.2, -0.15) is 0 Å². The van der Waals surface area contributed by atoms with E-state index in [0.29, 0.717) is 0 Å². The van der Waals surface area contributed by atoms with Crippen molar-refractivity contribution in [2.24, 2.45) is 0 Å². The number of benzene rings is 1. The predicted molar refractivity (Wildman–Crippen MR) is 82.0 cm³/mol. The Morgan fingerprint density at radius 1 is 1.00 bits per heavy atom. The van der Waals surface area contributed by atoms with Crippen LogP contribution in [0.15, 0.2) is 43.0 Å². The maximum absolute atomic E-state index is 3.80. The summed E-state index contributed by atoms with van der Waals surface area (Å²) in [5.74, 6) is 0.766. The van der Waals surface area contributed by atoms with Crippen LogP contribution >= 0.6 is 0 Å². The van der Waals surface area contributed by atoms with E-state index in [1.165, 1.54) is 50.5 Å². The number of hydrogen-bond donors (Lipinski definition) is 0. The summed E-state index contributed by atoms with van der Waals surface area (Å²) in [6, 6.07) is 11.1. The van der Waals surface area contributed by atoms with Gasteiger partial charge in [0.15, 0.2) is 0 Å². The molecule has 18 heavy (non-hydrogen) atoms. The fourth-order valence-corrected chi connectivity index (χ4v) is 2.52. The summed E-state index contributed by atoms with van der Waals surface area (Å²) in [6.45, 7) is 6.08. The Bertz CT molecular complexity index is 299. The van der Waals surface area contributed by atoms with E-state index in [4.69, 9.17) is 0 Å². The van der Waals surface area contributed by atoms with Crippen LogP contribution in [-0.2, 0) is 0 Å². The number of hydrogen-bond acceptors (Lipinski definition) is 0. The molecule has 0 radical (unpaired) electrons. The largest absolute Gasteiger partial charge is 0.103 e. The maximum atomic E-state index is 3.80. The number of unbranched alkanes of at least 4 members (excludes halogenated alkanes) is 4. The molecule has 1 rings (SSSR count). The van der Waals surface area contributed by atoms with Crippen molar-refractivity contribution >= 4 is 0 Å². The van der Waals surface area contributed by atoms with E-state index in [1.54, 1.807) is 0 Å². The van der Waals surface area contributed by atoms with Gasteiger partial charge in [0.1, 0.15) is 0 Å². The lowest BCUT2D eigenvalue weighted by atomic mass is 9.88. The average Bonchev–Trinajstić information content (AvgIpc) is 2.42. The van der Waals surface area contributed by atoms with Crippen LogP contribution in [0, 0.1) is 0 Å². The van der Waals surface area contributed by atoms with E-state index in [1.807, 2.05) is 6.08 Å². The maximum Gasteiger partial charge on any atom is -0.0162 e. The third kappa shape index (κ3) is 6.05. The van der Waals surface area contributed by atoms with Crippen LogP contribution in [0.2, 0.25) is 0 Å². The van der Waals surface area contributed by atoms with Crippen molar-refractivity contribution in [2.75, 3.05) is 0 Å². The predicted octanol–water partition coefficient (Wildman–Crippen LogP) is 6.10. The lowest BCUT2D eigenvalue weighted by molar-refractivity contribution is 0.510. The molecule has 0 aliphatic rings. The van der Waals surface area contributed by atoms with Gasteiger partial charge >= 0.3 is 0 Å². The fourth-order valence-electron chi connectivity index (χ4n) is 2.52. The molecule has 0 aliphatic heterocycles. The van der Waals surface area contributed by atoms with Gasteiger partial charge in [0.25, 0.3) is 0 Å². The molecular weight excluding hydrogens is 216 g/mol. The van der Waals surface area contributed by atoms with Gasteiger partial charge in [-0.1, -0.05) is 69.0 Å². The highest BCUT2D eigenvalue weighted by atomic mass is 14.1. The summed E-state index contributed by atoms with van der Waals surface area (Å²) in [5.41, 5.74) is 1.53.